The summed E-state index contributed by atoms with van der Waals surface area (Å²) in [5, 5.41) is 0.321. The van der Waals surface area contributed by atoms with Gasteiger partial charge in [-0.15, -0.1) is 0 Å². The fourth-order valence-corrected chi connectivity index (χ4v) is 2.49. The number of hydrogen-bond acceptors (Lipinski definition) is 4. The molecule has 0 unspecified atom stereocenters. The molecule has 0 atom stereocenters. The molecule has 1 heterocycles. The van der Waals surface area contributed by atoms with Crippen LogP contribution in [0.15, 0.2) is 47.3 Å². The van der Waals surface area contributed by atoms with Crippen molar-refractivity contribution < 1.29 is 9.53 Å². The second-order valence-electron chi connectivity index (χ2n) is 5.33. The van der Waals surface area contributed by atoms with E-state index in [4.69, 9.17) is 10.5 Å². The third kappa shape index (κ3) is 2.86. The average molecular weight is 323 g/mol. The SMILES string of the molecule is CCCOc1ccccc1-c1nc2c(C(N)=O)cccc2c(=O)[nH]1. The van der Waals surface area contributed by atoms with Crippen LogP contribution in [0, 0.1) is 0 Å². The predicted molar refractivity (Wildman–Crippen MR) is 92.1 cm³/mol. The zero-order valence-corrected chi connectivity index (χ0v) is 13.2. The van der Waals surface area contributed by atoms with Gasteiger partial charge in [0.2, 0.25) is 0 Å². The zero-order chi connectivity index (χ0) is 17.1. The summed E-state index contributed by atoms with van der Waals surface area (Å²) in [4.78, 5) is 31.2. The van der Waals surface area contributed by atoms with Crippen molar-refractivity contribution in [2.45, 2.75) is 13.3 Å². The molecule has 0 aliphatic carbocycles. The molecule has 0 saturated heterocycles. The van der Waals surface area contributed by atoms with Gasteiger partial charge < -0.3 is 15.5 Å². The lowest BCUT2D eigenvalue weighted by Gasteiger charge is -2.11. The highest BCUT2D eigenvalue weighted by molar-refractivity contribution is 6.04. The van der Waals surface area contributed by atoms with Crippen LogP contribution in [0.2, 0.25) is 0 Å². The molecule has 3 aromatic rings. The highest BCUT2D eigenvalue weighted by Gasteiger charge is 2.14. The zero-order valence-electron chi connectivity index (χ0n) is 13.2. The van der Waals surface area contributed by atoms with Crippen LogP contribution >= 0.6 is 0 Å². The van der Waals surface area contributed by atoms with E-state index in [2.05, 4.69) is 9.97 Å². The first-order chi connectivity index (χ1) is 11.6. The second kappa shape index (κ2) is 6.54. The number of carbonyl (C=O) groups excluding carboxylic acids is 1. The normalized spacial score (nSPS) is 10.7. The number of nitrogens with one attached hydrogen (secondary N) is 1. The Hall–Kier alpha value is -3.15. The maximum atomic E-state index is 12.4. The van der Waals surface area contributed by atoms with Gasteiger partial charge in [-0.3, -0.25) is 9.59 Å². The predicted octanol–water partition coefficient (Wildman–Crippen LogP) is 2.48. The van der Waals surface area contributed by atoms with E-state index in [9.17, 15) is 9.59 Å². The molecule has 122 valence electrons. The van der Waals surface area contributed by atoms with E-state index in [1.54, 1.807) is 18.2 Å². The fraction of sp³-hybridized carbons (Fsp3) is 0.167. The minimum absolute atomic E-state index is 0.215. The van der Waals surface area contributed by atoms with E-state index >= 15 is 0 Å². The number of H-pyrrole nitrogens is 1. The van der Waals surface area contributed by atoms with E-state index in [-0.39, 0.29) is 16.6 Å². The second-order valence-corrected chi connectivity index (χ2v) is 5.33. The first-order valence-electron chi connectivity index (χ1n) is 7.67. The quantitative estimate of drug-likeness (QED) is 0.753. The van der Waals surface area contributed by atoms with Crippen molar-refractivity contribution in [1.29, 1.82) is 0 Å². The lowest BCUT2D eigenvalue weighted by atomic mass is 10.1. The average Bonchev–Trinajstić information content (AvgIpc) is 2.59. The van der Waals surface area contributed by atoms with Crippen LogP contribution in [0.5, 0.6) is 5.75 Å². The number of hydrogen-bond donors (Lipinski definition) is 2. The highest BCUT2D eigenvalue weighted by atomic mass is 16.5. The molecule has 0 spiro atoms. The lowest BCUT2D eigenvalue weighted by Crippen LogP contribution is -2.16. The molecule has 24 heavy (non-hydrogen) atoms. The molecule has 6 heteroatoms. The Balaban J connectivity index is 2.23. The number of primary amides is 1. The van der Waals surface area contributed by atoms with Gasteiger partial charge in [-0.25, -0.2) is 4.98 Å². The molecule has 0 aliphatic rings. The Labute approximate surface area is 138 Å². The third-order valence-corrected chi connectivity index (χ3v) is 3.61. The molecule has 0 saturated carbocycles. The standard InChI is InChI=1S/C18H17N3O3/c1-2-10-24-14-9-4-3-6-11(14)17-20-15-12(16(19)22)7-5-8-13(15)18(23)21-17/h3-9H,2,10H2,1H3,(H2,19,22)(H,20,21,23). The van der Waals surface area contributed by atoms with E-state index in [0.29, 0.717) is 29.1 Å². The van der Waals surface area contributed by atoms with E-state index in [1.807, 2.05) is 31.2 Å². The number of nitrogens with zero attached hydrogens (tertiary/aromatic N) is 1. The number of aromatic nitrogens is 2. The molecular formula is C18H17N3O3. The number of rotatable bonds is 5. The largest absolute Gasteiger partial charge is 0.493 e. The monoisotopic (exact) mass is 323 g/mol. The van der Waals surface area contributed by atoms with Gasteiger partial charge in [0.25, 0.3) is 11.5 Å². The van der Waals surface area contributed by atoms with Crippen LogP contribution in [0.4, 0.5) is 0 Å². The van der Waals surface area contributed by atoms with Gasteiger partial charge in [0, 0.05) is 0 Å². The van der Waals surface area contributed by atoms with Gasteiger partial charge in [-0.1, -0.05) is 25.1 Å². The maximum Gasteiger partial charge on any atom is 0.259 e. The Kier molecular flexibility index (Phi) is 4.29. The summed E-state index contributed by atoms with van der Waals surface area (Å²) in [6.45, 7) is 2.57. The molecule has 3 rings (SSSR count). The summed E-state index contributed by atoms with van der Waals surface area (Å²) in [6.07, 6.45) is 0.863. The number of fused-ring (bicyclic) bond motifs is 1. The lowest BCUT2D eigenvalue weighted by molar-refractivity contribution is 0.100. The number of carbonyl (C=O) groups is 1. The minimum atomic E-state index is -0.625. The first kappa shape index (κ1) is 15.7. The van der Waals surface area contributed by atoms with Crippen LogP contribution in [-0.4, -0.2) is 22.5 Å². The minimum Gasteiger partial charge on any atom is -0.493 e. The highest BCUT2D eigenvalue weighted by Crippen LogP contribution is 2.28. The number of amides is 1. The number of aromatic amines is 1. The van der Waals surface area contributed by atoms with Gasteiger partial charge in [0.1, 0.15) is 11.6 Å². The molecule has 0 fully saturated rings. The fourth-order valence-electron chi connectivity index (χ4n) is 2.49. The maximum absolute atomic E-state index is 12.4. The third-order valence-electron chi connectivity index (χ3n) is 3.61. The number of para-hydroxylation sites is 2. The van der Waals surface area contributed by atoms with E-state index in [1.165, 1.54) is 0 Å². The number of nitrogens with two attached hydrogens (primary N) is 1. The number of benzene rings is 2. The first-order valence-corrected chi connectivity index (χ1v) is 7.67. The topological polar surface area (TPSA) is 98.1 Å². The molecule has 1 amide bonds. The smallest absolute Gasteiger partial charge is 0.259 e. The summed E-state index contributed by atoms with van der Waals surface area (Å²) in [6, 6.07) is 12.1. The molecule has 0 radical (unpaired) electrons. The summed E-state index contributed by atoms with van der Waals surface area (Å²) >= 11 is 0. The van der Waals surface area contributed by atoms with Crippen molar-refractivity contribution in [3.8, 4) is 17.1 Å². The van der Waals surface area contributed by atoms with Crippen LogP contribution < -0.4 is 16.0 Å². The molecule has 0 aliphatic heterocycles. The Morgan fingerprint density at radius 1 is 1.21 bits per heavy atom. The van der Waals surface area contributed by atoms with Crippen molar-refractivity contribution in [3.63, 3.8) is 0 Å². The molecule has 0 bridgehead atoms. The van der Waals surface area contributed by atoms with Crippen molar-refractivity contribution in [2.75, 3.05) is 6.61 Å². The van der Waals surface area contributed by atoms with Gasteiger partial charge in [0.05, 0.1) is 28.6 Å². The van der Waals surface area contributed by atoms with Crippen LogP contribution in [-0.2, 0) is 0 Å². The van der Waals surface area contributed by atoms with Gasteiger partial charge in [-0.05, 0) is 30.7 Å². The van der Waals surface area contributed by atoms with Crippen LogP contribution in [0.1, 0.15) is 23.7 Å². The summed E-state index contributed by atoms with van der Waals surface area (Å²) < 4.78 is 5.72. The van der Waals surface area contributed by atoms with Crippen molar-refractivity contribution >= 4 is 16.8 Å². The van der Waals surface area contributed by atoms with Crippen molar-refractivity contribution in [3.05, 3.63) is 58.4 Å². The van der Waals surface area contributed by atoms with Gasteiger partial charge >= 0.3 is 0 Å². The van der Waals surface area contributed by atoms with E-state index in [0.717, 1.165) is 6.42 Å². The van der Waals surface area contributed by atoms with Crippen molar-refractivity contribution in [1.82, 2.24) is 9.97 Å². The van der Waals surface area contributed by atoms with E-state index < -0.39 is 5.91 Å². The Morgan fingerprint density at radius 3 is 2.75 bits per heavy atom. The summed E-state index contributed by atoms with van der Waals surface area (Å²) in [5.74, 6) is 0.339. The summed E-state index contributed by atoms with van der Waals surface area (Å²) in [5.41, 5.74) is 6.23. The molecule has 3 N–H and O–H groups in total. The van der Waals surface area contributed by atoms with Crippen molar-refractivity contribution in [2.24, 2.45) is 5.73 Å². The van der Waals surface area contributed by atoms with Gasteiger partial charge in [-0.2, -0.15) is 0 Å². The Bertz CT molecular complexity index is 963. The molecule has 2 aromatic carbocycles. The molecule has 1 aromatic heterocycles. The van der Waals surface area contributed by atoms with Crippen LogP contribution in [0.3, 0.4) is 0 Å². The van der Waals surface area contributed by atoms with Gasteiger partial charge in [0.15, 0.2) is 0 Å². The molecular weight excluding hydrogens is 306 g/mol. The van der Waals surface area contributed by atoms with Crippen LogP contribution in [0.25, 0.3) is 22.3 Å². The number of ether oxygens (including phenoxy) is 1. The molecule has 6 nitrogen and oxygen atoms in total. The Morgan fingerprint density at radius 2 is 2.00 bits per heavy atom. The summed E-state index contributed by atoms with van der Waals surface area (Å²) in [7, 11) is 0.